The Balaban J connectivity index is 2.45. The van der Waals surface area contributed by atoms with Gasteiger partial charge in [0.25, 0.3) is 5.91 Å². The molecule has 0 bridgehead atoms. The first-order chi connectivity index (χ1) is 12.3. The van der Waals surface area contributed by atoms with Crippen molar-refractivity contribution in [3.63, 3.8) is 0 Å². The van der Waals surface area contributed by atoms with Gasteiger partial charge in [0.15, 0.2) is 6.61 Å². The molecule has 0 aliphatic heterocycles. The standard InChI is InChI=1S/C18H24N2O6/c1-12(2)20-16(21)10-19-17(22)11-26-18(23)8-6-13-5-7-14(24-3)9-15(13)25-4/h5-9,12H,10-11H2,1-4H3,(H,19,22)(H,20,21)/b8-6+. The fraction of sp³-hybridized carbons (Fsp3) is 0.389. The zero-order valence-corrected chi connectivity index (χ0v) is 15.3. The molecule has 8 heteroatoms. The molecule has 1 aromatic rings. The van der Waals surface area contributed by atoms with Gasteiger partial charge >= 0.3 is 5.97 Å². The summed E-state index contributed by atoms with van der Waals surface area (Å²) in [4.78, 5) is 34.6. The summed E-state index contributed by atoms with van der Waals surface area (Å²) in [5.41, 5.74) is 0.653. The molecule has 1 rings (SSSR count). The second-order valence-electron chi connectivity index (χ2n) is 5.55. The van der Waals surface area contributed by atoms with Crippen LogP contribution < -0.4 is 20.1 Å². The lowest BCUT2D eigenvalue weighted by atomic mass is 10.2. The first-order valence-corrected chi connectivity index (χ1v) is 7.98. The van der Waals surface area contributed by atoms with Crippen LogP contribution >= 0.6 is 0 Å². The SMILES string of the molecule is COc1ccc(/C=C/C(=O)OCC(=O)NCC(=O)NC(C)C)c(OC)c1. The summed E-state index contributed by atoms with van der Waals surface area (Å²) in [7, 11) is 3.05. The lowest BCUT2D eigenvalue weighted by Gasteiger charge is -2.09. The van der Waals surface area contributed by atoms with E-state index in [1.807, 2.05) is 13.8 Å². The minimum Gasteiger partial charge on any atom is -0.497 e. The summed E-state index contributed by atoms with van der Waals surface area (Å²) >= 11 is 0. The van der Waals surface area contributed by atoms with E-state index in [1.54, 1.807) is 25.3 Å². The Labute approximate surface area is 152 Å². The summed E-state index contributed by atoms with van der Waals surface area (Å²) in [6.45, 7) is 2.97. The molecule has 1 aromatic carbocycles. The Morgan fingerprint density at radius 3 is 2.46 bits per heavy atom. The van der Waals surface area contributed by atoms with Gasteiger partial charge in [0.2, 0.25) is 5.91 Å². The molecule has 2 N–H and O–H groups in total. The maximum absolute atomic E-state index is 11.7. The van der Waals surface area contributed by atoms with Gasteiger partial charge in [-0.3, -0.25) is 9.59 Å². The van der Waals surface area contributed by atoms with Gasteiger partial charge in [-0.15, -0.1) is 0 Å². The van der Waals surface area contributed by atoms with E-state index in [-0.39, 0.29) is 18.5 Å². The van der Waals surface area contributed by atoms with Crippen molar-refractivity contribution in [1.82, 2.24) is 10.6 Å². The number of nitrogens with one attached hydrogen (secondary N) is 2. The van der Waals surface area contributed by atoms with E-state index in [0.29, 0.717) is 17.1 Å². The van der Waals surface area contributed by atoms with Crippen molar-refractivity contribution in [2.24, 2.45) is 0 Å². The highest BCUT2D eigenvalue weighted by Crippen LogP contribution is 2.25. The minimum atomic E-state index is -0.690. The molecule has 0 aliphatic carbocycles. The summed E-state index contributed by atoms with van der Waals surface area (Å²) in [6, 6.07) is 5.11. The van der Waals surface area contributed by atoms with E-state index in [2.05, 4.69) is 10.6 Å². The molecule has 0 radical (unpaired) electrons. The van der Waals surface area contributed by atoms with Crippen molar-refractivity contribution < 1.29 is 28.6 Å². The number of amides is 2. The zero-order chi connectivity index (χ0) is 19.5. The predicted molar refractivity (Wildman–Crippen MR) is 95.8 cm³/mol. The molecule has 0 aliphatic rings. The lowest BCUT2D eigenvalue weighted by Crippen LogP contribution is -2.41. The molecule has 0 fully saturated rings. The van der Waals surface area contributed by atoms with E-state index in [9.17, 15) is 14.4 Å². The van der Waals surface area contributed by atoms with Crippen LogP contribution in [0.2, 0.25) is 0 Å². The van der Waals surface area contributed by atoms with Crippen LogP contribution in [-0.2, 0) is 19.1 Å². The van der Waals surface area contributed by atoms with Gasteiger partial charge in [-0.2, -0.15) is 0 Å². The van der Waals surface area contributed by atoms with E-state index < -0.39 is 18.5 Å². The zero-order valence-electron chi connectivity index (χ0n) is 15.3. The fourth-order valence-corrected chi connectivity index (χ4v) is 1.90. The van der Waals surface area contributed by atoms with Crippen LogP contribution in [0.5, 0.6) is 11.5 Å². The quantitative estimate of drug-likeness (QED) is 0.499. The molecule has 26 heavy (non-hydrogen) atoms. The lowest BCUT2D eigenvalue weighted by molar-refractivity contribution is -0.143. The number of rotatable bonds is 9. The first-order valence-electron chi connectivity index (χ1n) is 7.98. The summed E-state index contributed by atoms with van der Waals surface area (Å²) in [5.74, 6) is -0.412. The second-order valence-corrected chi connectivity index (χ2v) is 5.55. The van der Waals surface area contributed by atoms with Gasteiger partial charge < -0.3 is 24.8 Å². The average Bonchev–Trinajstić information content (AvgIpc) is 2.62. The number of hydrogen-bond acceptors (Lipinski definition) is 6. The topological polar surface area (TPSA) is 103 Å². The molecule has 0 saturated carbocycles. The van der Waals surface area contributed by atoms with E-state index in [1.165, 1.54) is 19.3 Å². The van der Waals surface area contributed by atoms with E-state index in [0.717, 1.165) is 0 Å². The monoisotopic (exact) mass is 364 g/mol. The van der Waals surface area contributed by atoms with Crippen LogP contribution in [0, 0.1) is 0 Å². The van der Waals surface area contributed by atoms with Gasteiger partial charge in [0.05, 0.1) is 20.8 Å². The maximum atomic E-state index is 11.7. The first kappa shape index (κ1) is 21.0. The number of ether oxygens (including phenoxy) is 3. The number of hydrogen-bond donors (Lipinski definition) is 2. The molecule has 142 valence electrons. The molecular weight excluding hydrogens is 340 g/mol. The molecular formula is C18H24N2O6. The van der Waals surface area contributed by atoms with Crippen molar-refractivity contribution >= 4 is 23.9 Å². The van der Waals surface area contributed by atoms with E-state index >= 15 is 0 Å². The summed E-state index contributed by atoms with van der Waals surface area (Å²) < 4.78 is 15.1. The van der Waals surface area contributed by atoms with Crippen LogP contribution in [-0.4, -0.2) is 51.2 Å². The minimum absolute atomic E-state index is 0.0164. The normalized spacial score (nSPS) is 10.5. The van der Waals surface area contributed by atoms with Gasteiger partial charge in [-0.1, -0.05) is 0 Å². The highest BCUT2D eigenvalue weighted by Gasteiger charge is 2.09. The Bertz CT molecular complexity index is 670. The number of benzene rings is 1. The highest BCUT2D eigenvalue weighted by molar-refractivity contribution is 5.90. The third kappa shape index (κ3) is 7.69. The van der Waals surface area contributed by atoms with E-state index in [4.69, 9.17) is 14.2 Å². The van der Waals surface area contributed by atoms with Gasteiger partial charge in [0.1, 0.15) is 11.5 Å². The molecule has 0 saturated heterocycles. The molecule has 0 aromatic heterocycles. The molecule has 0 unspecified atom stereocenters. The third-order valence-electron chi connectivity index (χ3n) is 3.08. The number of methoxy groups -OCH3 is 2. The Kier molecular flexibility index (Phi) is 8.69. The average molecular weight is 364 g/mol. The summed E-state index contributed by atoms with van der Waals surface area (Å²) in [5, 5.41) is 4.99. The maximum Gasteiger partial charge on any atom is 0.331 e. The van der Waals surface area contributed by atoms with Crippen molar-refractivity contribution in [2.45, 2.75) is 19.9 Å². The predicted octanol–water partition coefficient (Wildman–Crippen LogP) is 0.901. The Morgan fingerprint density at radius 1 is 1.12 bits per heavy atom. The van der Waals surface area contributed by atoms with Crippen LogP contribution in [0.25, 0.3) is 6.08 Å². The van der Waals surface area contributed by atoms with Crippen LogP contribution in [0.15, 0.2) is 24.3 Å². The highest BCUT2D eigenvalue weighted by atomic mass is 16.5. The summed E-state index contributed by atoms with van der Waals surface area (Å²) in [6.07, 6.45) is 2.69. The number of carbonyl (C=O) groups excluding carboxylic acids is 3. The molecule has 2 amide bonds. The van der Waals surface area contributed by atoms with Gasteiger partial charge in [-0.05, 0) is 32.1 Å². The number of carbonyl (C=O) groups is 3. The van der Waals surface area contributed by atoms with Crippen molar-refractivity contribution in [1.29, 1.82) is 0 Å². The van der Waals surface area contributed by atoms with Gasteiger partial charge in [0, 0.05) is 23.7 Å². The van der Waals surface area contributed by atoms with Crippen LogP contribution in [0.3, 0.4) is 0 Å². The third-order valence-corrected chi connectivity index (χ3v) is 3.08. The molecule has 8 nitrogen and oxygen atoms in total. The van der Waals surface area contributed by atoms with Crippen molar-refractivity contribution in [2.75, 3.05) is 27.4 Å². The van der Waals surface area contributed by atoms with Gasteiger partial charge in [-0.25, -0.2) is 4.79 Å². The molecule has 0 spiro atoms. The fourth-order valence-electron chi connectivity index (χ4n) is 1.90. The second kappa shape index (κ2) is 10.8. The van der Waals surface area contributed by atoms with Crippen LogP contribution in [0.4, 0.5) is 0 Å². The van der Waals surface area contributed by atoms with Crippen molar-refractivity contribution in [3.8, 4) is 11.5 Å². The smallest absolute Gasteiger partial charge is 0.331 e. The number of esters is 1. The Hall–Kier alpha value is -3.03. The van der Waals surface area contributed by atoms with Crippen molar-refractivity contribution in [3.05, 3.63) is 29.8 Å². The van der Waals surface area contributed by atoms with Crippen LogP contribution in [0.1, 0.15) is 19.4 Å². The molecule has 0 atom stereocenters. The Morgan fingerprint density at radius 2 is 1.85 bits per heavy atom. The largest absolute Gasteiger partial charge is 0.497 e. The molecule has 0 heterocycles.